The maximum atomic E-state index is 2.70. The van der Waals surface area contributed by atoms with E-state index in [1.807, 2.05) is 0 Å². The normalized spacial score (nSPS) is 18.0. The van der Waals surface area contributed by atoms with Gasteiger partial charge in [-0.05, 0) is 155 Å². The number of fused-ring (bicyclic) bond motifs is 20. The second kappa shape index (κ2) is 14.2. The highest BCUT2D eigenvalue weighted by Gasteiger charge is 2.44. The molecule has 2 atom stereocenters. The highest BCUT2D eigenvalue weighted by molar-refractivity contribution is 6.26. The molecule has 11 aromatic rings. The summed E-state index contributed by atoms with van der Waals surface area (Å²) in [5.74, 6) is 0.299. The summed E-state index contributed by atoms with van der Waals surface area (Å²) in [4.78, 5) is 2.70. The third-order valence-corrected chi connectivity index (χ3v) is 18.0. The molecular formula is C70H52N2. The summed E-state index contributed by atoms with van der Waals surface area (Å²) in [6.07, 6.45) is 11.7. The van der Waals surface area contributed by atoms with Crippen molar-refractivity contribution in [2.45, 2.75) is 63.3 Å². The predicted molar refractivity (Wildman–Crippen MR) is 303 cm³/mol. The Labute approximate surface area is 420 Å². The van der Waals surface area contributed by atoms with Crippen molar-refractivity contribution in [1.29, 1.82) is 0 Å². The maximum absolute atomic E-state index is 2.70. The lowest BCUT2D eigenvalue weighted by Gasteiger charge is -2.33. The number of allylic oxidation sites excluding steroid dienone is 1. The van der Waals surface area contributed by atoms with E-state index in [1.54, 1.807) is 0 Å². The third-order valence-electron chi connectivity index (χ3n) is 18.0. The van der Waals surface area contributed by atoms with Gasteiger partial charge in [0.05, 0.1) is 17.1 Å². The topological polar surface area (TPSA) is 8.17 Å². The summed E-state index contributed by atoms with van der Waals surface area (Å²) in [6.45, 7) is 9.74. The Morgan fingerprint density at radius 1 is 0.472 bits per heavy atom. The Balaban J connectivity index is 0.773. The van der Waals surface area contributed by atoms with Crippen molar-refractivity contribution in [2.75, 3.05) is 4.90 Å². The van der Waals surface area contributed by atoms with Crippen molar-refractivity contribution in [3.05, 3.63) is 244 Å². The molecule has 16 rings (SSSR count). The van der Waals surface area contributed by atoms with Gasteiger partial charge in [0.15, 0.2) is 0 Å². The molecule has 5 aliphatic rings. The Hall–Kier alpha value is -8.20. The van der Waals surface area contributed by atoms with Crippen LogP contribution in [-0.4, -0.2) is 10.6 Å². The van der Waals surface area contributed by atoms with Gasteiger partial charge in [-0.3, -0.25) is 0 Å². The molecule has 2 unspecified atom stereocenters. The molecule has 0 bridgehead atoms. The number of rotatable bonds is 3. The molecule has 1 aromatic heterocycles. The van der Waals surface area contributed by atoms with E-state index in [4.69, 9.17) is 0 Å². The van der Waals surface area contributed by atoms with Crippen molar-refractivity contribution in [3.8, 4) is 39.1 Å². The van der Waals surface area contributed by atoms with Crippen LogP contribution >= 0.6 is 0 Å². The van der Waals surface area contributed by atoms with Crippen LogP contribution < -0.4 is 4.90 Å². The van der Waals surface area contributed by atoms with Gasteiger partial charge in [-0.15, -0.1) is 0 Å². The molecule has 2 nitrogen and oxygen atoms in total. The van der Waals surface area contributed by atoms with Crippen molar-refractivity contribution >= 4 is 66.9 Å². The van der Waals surface area contributed by atoms with E-state index in [-0.39, 0.29) is 16.9 Å². The van der Waals surface area contributed by atoms with Crippen LogP contribution in [0.25, 0.3) is 94.6 Å². The standard InChI is InChI=1S/C70H52N2/c1-69(2)59-37-45(23-29-53(59)55-33-27-47(39-61(55)69)71-63-35-25-41-13-5-9-17-49(41)65(63)57-31-21-43-15-7-11-19-51(43)67(57)71)46-24-30-54-56-34-28-48(40-62(56)70(3,4)60(54)38-46)72-64-36-26-42-14-6-10-18-50(42)66(64)58-32-22-44-16-8-12-20-52(44)68(58)72/h5-11,13-19,21-40,64,66H,12,20H2,1-4H3. The third kappa shape index (κ3) is 5.29. The molecule has 72 heavy (non-hydrogen) atoms. The first-order valence-electron chi connectivity index (χ1n) is 26.0. The fraction of sp³-hybridized carbons (Fsp3) is 0.143. The van der Waals surface area contributed by atoms with Gasteiger partial charge in [0, 0.05) is 50.0 Å². The van der Waals surface area contributed by atoms with Crippen molar-refractivity contribution < 1.29 is 0 Å². The summed E-state index contributed by atoms with van der Waals surface area (Å²) in [7, 11) is 0. The lowest BCUT2D eigenvalue weighted by atomic mass is 9.80. The first-order chi connectivity index (χ1) is 35.2. The average molecular weight is 921 g/mol. The minimum atomic E-state index is -0.203. The van der Waals surface area contributed by atoms with Crippen LogP contribution in [0.3, 0.4) is 0 Å². The molecule has 10 aromatic carbocycles. The fourth-order valence-electron chi connectivity index (χ4n) is 14.5. The SMILES string of the molecule is CC1(C)c2cc(-c3ccc4c(c3)C(C)(C)c3cc(-n5c6ccc7ccccc7c6c6ccc7ccccc7c65)ccc3-4)ccc2-c2ccc(N3c4c(ccc5c4CCC=C5)C4c5ccccc5C=CC43)cc21. The van der Waals surface area contributed by atoms with Gasteiger partial charge in [0.1, 0.15) is 0 Å². The lowest BCUT2D eigenvalue weighted by Crippen LogP contribution is -2.31. The zero-order chi connectivity index (χ0) is 47.8. The Kier molecular flexibility index (Phi) is 8.01. The van der Waals surface area contributed by atoms with Gasteiger partial charge in [-0.2, -0.15) is 0 Å². The molecule has 2 heteroatoms. The molecular weight excluding hydrogens is 869 g/mol. The summed E-state index contributed by atoms with van der Waals surface area (Å²) in [5, 5.41) is 7.71. The van der Waals surface area contributed by atoms with E-state index in [9.17, 15) is 0 Å². The van der Waals surface area contributed by atoms with E-state index >= 15 is 0 Å². The van der Waals surface area contributed by atoms with E-state index < -0.39 is 0 Å². The summed E-state index contributed by atoms with van der Waals surface area (Å²) >= 11 is 0. The van der Waals surface area contributed by atoms with E-state index in [1.165, 1.54) is 144 Å². The zero-order valence-corrected chi connectivity index (χ0v) is 41.1. The van der Waals surface area contributed by atoms with E-state index in [0.29, 0.717) is 5.92 Å². The number of nitrogens with zero attached hydrogens (tertiary/aromatic N) is 2. The smallest absolute Gasteiger partial charge is 0.0636 e. The minimum Gasteiger partial charge on any atom is -0.333 e. The molecule has 342 valence electrons. The van der Waals surface area contributed by atoms with Crippen LogP contribution in [0.5, 0.6) is 0 Å². The van der Waals surface area contributed by atoms with Crippen LogP contribution in [-0.2, 0) is 17.3 Å². The number of hydrogen-bond acceptors (Lipinski definition) is 1. The molecule has 0 amide bonds. The van der Waals surface area contributed by atoms with Gasteiger partial charge >= 0.3 is 0 Å². The Morgan fingerprint density at radius 3 is 1.83 bits per heavy atom. The van der Waals surface area contributed by atoms with Gasteiger partial charge in [0.25, 0.3) is 0 Å². The summed E-state index contributed by atoms with van der Waals surface area (Å²) in [6, 6.07) is 70.2. The first kappa shape index (κ1) is 40.5. The van der Waals surface area contributed by atoms with Crippen molar-refractivity contribution in [3.63, 3.8) is 0 Å². The zero-order valence-electron chi connectivity index (χ0n) is 41.1. The molecule has 0 radical (unpaired) electrons. The number of hydrogen-bond donors (Lipinski definition) is 0. The van der Waals surface area contributed by atoms with E-state index in [0.717, 1.165) is 12.8 Å². The molecule has 0 spiro atoms. The monoisotopic (exact) mass is 920 g/mol. The van der Waals surface area contributed by atoms with Crippen LogP contribution in [0.2, 0.25) is 0 Å². The molecule has 0 fully saturated rings. The van der Waals surface area contributed by atoms with Gasteiger partial charge in [0.2, 0.25) is 0 Å². The molecule has 0 saturated carbocycles. The second-order valence-corrected chi connectivity index (χ2v) is 22.3. The summed E-state index contributed by atoms with van der Waals surface area (Å²) < 4.78 is 2.54. The highest BCUT2D eigenvalue weighted by atomic mass is 15.2. The van der Waals surface area contributed by atoms with Crippen molar-refractivity contribution in [1.82, 2.24) is 4.57 Å². The van der Waals surface area contributed by atoms with Crippen molar-refractivity contribution in [2.24, 2.45) is 0 Å². The number of benzene rings is 10. The quantitative estimate of drug-likeness (QED) is 0.171. The van der Waals surface area contributed by atoms with Crippen LogP contribution in [0.4, 0.5) is 11.4 Å². The van der Waals surface area contributed by atoms with Gasteiger partial charge < -0.3 is 9.47 Å². The Morgan fingerprint density at radius 2 is 1.08 bits per heavy atom. The van der Waals surface area contributed by atoms with Crippen LogP contribution in [0.15, 0.2) is 194 Å². The largest absolute Gasteiger partial charge is 0.333 e. The second-order valence-electron chi connectivity index (χ2n) is 22.3. The first-order valence-corrected chi connectivity index (χ1v) is 26.0. The lowest BCUT2D eigenvalue weighted by molar-refractivity contribution is 0.658. The maximum Gasteiger partial charge on any atom is 0.0636 e. The number of aromatic nitrogens is 1. The molecule has 0 N–H and O–H groups in total. The highest BCUT2D eigenvalue weighted by Crippen LogP contribution is 2.57. The van der Waals surface area contributed by atoms with Gasteiger partial charge in [-0.25, -0.2) is 0 Å². The Bertz CT molecular complexity index is 4300. The molecule has 0 saturated heterocycles. The predicted octanol–water partition coefficient (Wildman–Crippen LogP) is 18.0. The van der Waals surface area contributed by atoms with Crippen LogP contribution in [0, 0.1) is 0 Å². The summed E-state index contributed by atoms with van der Waals surface area (Å²) in [5.41, 5.74) is 26.7. The van der Waals surface area contributed by atoms with Crippen LogP contribution in [0.1, 0.15) is 90.1 Å². The van der Waals surface area contributed by atoms with Gasteiger partial charge in [-0.1, -0.05) is 192 Å². The fourth-order valence-corrected chi connectivity index (χ4v) is 14.5. The van der Waals surface area contributed by atoms with E-state index in [2.05, 4.69) is 243 Å². The average Bonchev–Trinajstić information content (AvgIpc) is 4.09. The molecule has 1 aliphatic heterocycles. The number of anilines is 2. The molecule has 2 heterocycles. The molecule has 4 aliphatic carbocycles. The minimum absolute atomic E-state index is 0.181.